The van der Waals surface area contributed by atoms with E-state index in [0.717, 1.165) is 42.3 Å². The predicted octanol–water partition coefficient (Wildman–Crippen LogP) is 3.32. The second-order valence-electron chi connectivity index (χ2n) is 6.60. The van der Waals surface area contributed by atoms with Crippen molar-refractivity contribution in [2.24, 2.45) is 4.99 Å². The van der Waals surface area contributed by atoms with E-state index < -0.39 is 9.84 Å². The van der Waals surface area contributed by atoms with E-state index in [0.29, 0.717) is 11.4 Å². The summed E-state index contributed by atoms with van der Waals surface area (Å²) < 4.78 is 28.5. The Morgan fingerprint density at radius 3 is 2.38 bits per heavy atom. The van der Waals surface area contributed by atoms with Crippen LogP contribution < -0.4 is 15.4 Å². The number of hydrogen-bond donors (Lipinski definition) is 2. The summed E-state index contributed by atoms with van der Waals surface area (Å²) in [5.41, 5.74) is 3.31. The predicted molar refractivity (Wildman–Crippen MR) is 129 cm³/mol. The van der Waals surface area contributed by atoms with Crippen LogP contribution in [0.3, 0.4) is 0 Å². The van der Waals surface area contributed by atoms with E-state index in [1.165, 1.54) is 11.8 Å². The highest BCUT2D eigenvalue weighted by molar-refractivity contribution is 14.0. The SMILES string of the molecule is CCNC(=NCc1ccc(S(C)(=O)=O)cc1)NCCc1cc(C)ccc1OC.I. The molecule has 0 atom stereocenters. The Morgan fingerprint density at radius 1 is 1.10 bits per heavy atom. The second kappa shape index (κ2) is 12.0. The maximum Gasteiger partial charge on any atom is 0.191 e. The van der Waals surface area contributed by atoms with E-state index >= 15 is 0 Å². The molecule has 0 radical (unpaired) electrons. The van der Waals surface area contributed by atoms with Crippen LogP contribution in [0, 0.1) is 6.92 Å². The third kappa shape index (κ3) is 8.22. The lowest BCUT2D eigenvalue weighted by Crippen LogP contribution is -2.38. The number of rotatable bonds is 8. The van der Waals surface area contributed by atoms with Gasteiger partial charge in [0.2, 0.25) is 0 Å². The van der Waals surface area contributed by atoms with E-state index in [-0.39, 0.29) is 24.0 Å². The van der Waals surface area contributed by atoms with Gasteiger partial charge < -0.3 is 15.4 Å². The Balaban J connectivity index is 0.00000420. The summed E-state index contributed by atoms with van der Waals surface area (Å²) in [4.78, 5) is 4.90. The number of aliphatic imine (C=N–C) groups is 1. The van der Waals surface area contributed by atoms with Gasteiger partial charge in [-0.25, -0.2) is 13.4 Å². The van der Waals surface area contributed by atoms with Gasteiger partial charge in [0, 0.05) is 19.3 Å². The number of hydrogen-bond acceptors (Lipinski definition) is 4. The average molecular weight is 531 g/mol. The van der Waals surface area contributed by atoms with Gasteiger partial charge in [-0.1, -0.05) is 29.8 Å². The summed E-state index contributed by atoms with van der Waals surface area (Å²) in [7, 11) is -1.49. The van der Waals surface area contributed by atoms with E-state index in [1.54, 1.807) is 31.4 Å². The van der Waals surface area contributed by atoms with Gasteiger partial charge in [0.05, 0.1) is 18.6 Å². The lowest BCUT2D eigenvalue weighted by molar-refractivity contribution is 0.409. The molecular weight excluding hydrogens is 501 g/mol. The van der Waals surface area contributed by atoms with Gasteiger partial charge in [-0.05, 0) is 49.6 Å². The number of nitrogens with one attached hydrogen (secondary N) is 2. The first-order valence-corrected chi connectivity index (χ1v) is 11.2. The molecule has 0 amide bonds. The van der Waals surface area contributed by atoms with Crippen LogP contribution in [0.25, 0.3) is 0 Å². The molecule has 2 aromatic carbocycles. The summed E-state index contributed by atoms with van der Waals surface area (Å²) in [5.74, 6) is 1.61. The maximum absolute atomic E-state index is 11.5. The molecule has 0 heterocycles. The van der Waals surface area contributed by atoms with E-state index in [1.807, 2.05) is 19.1 Å². The second-order valence-corrected chi connectivity index (χ2v) is 8.62. The van der Waals surface area contributed by atoms with Crippen molar-refractivity contribution < 1.29 is 13.2 Å². The van der Waals surface area contributed by atoms with E-state index in [2.05, 4.69) is 28.6 Å². The van der Waals surface area contributed by atoms with Crippen LogP contribution in [-0.4, -0.2) is 40.8 Å². The highest BCUT2D eigenvalue weighted by Gasteiger charge is 2.07. The molecule has 0 spiro atoms. The third-order valence-electron chi connectivity index (χ3n) is 4.24. The van der Waals surface area contributed by atoms with Crippen LogP contribution in [0.2, 0.25) is 0 Å². The van der Waals surface area contributed by atoms with E-state index in [4.69, 9.17) is 4.74 Å². The van der Waals surface area contributed by atoms with Gasteiger partial charge in [-0.15, -0.1) is 24.0 Å². The fourth-order valence-corrected chi connectivity index (χ4v) is 3.40. The Hall–Kier alpha value is -1.81. The quantitative estimate of drug-likeness (QED) is 0.311. The third-order valence-corrected chi connectivity index (χ3v) is 5.37. The number of halogens is 1. The first kappa shape index (κ1) is 25.2. The van der Waals surface area contributed by atoms with Gasteiger partial charge in [0.1, 0.15) is 5.75 Å². The number of sulfone groups is 1. The molecule has 0 aliphatic rings. The normalized spacial score (nSPS) is 11.5. The molecule has 160 valence electrons. The number of nitrogens with zero attached hydrogens (tertiary/aromatic N) is 1. The zero-order chi connectivity index (χ0) is 20.6. The monoisotopic (exact) mass is 531 g/mol. The fraction of sp³-hybridized carbons (Fsp3) is 0.381. The van der Waals surface area contributed by atoms with Crippen LogP contribution in [-0.2, 0) is 22.8 Å². The molecule has 0 aromatic heterocycles. The van der Waals surface area contributed by atoms with Gasteiger partial charge >= 0.3 is 0 Å². The van der Waals surface area contributed by atoms with Crippen molar-refractivity contribution in [2.75, 3.05) is 26.5 Å². The van der Waals surface area contributed by atoms with Crippen molar-refractivity contribution in [1.82, 2.24) is 10.6 Å². The lowest BCUT2D eigenvalue weighted by Gasteiger charge is -2.13. The number of ether oxygens (including phenoxy) is 1. The van der Waals surface area contributed by atoms with Crippen molar-refractivity contribution in [3.05, 3.63) is 59.2 Å². The minimum atomic E-state index is -3.18. The molecule has 0 aliphatic heterocycles. The molecule has 2 rings (SSSR count). The highest BCUT2D eigenvalue weighted by atomic mass is 127. The standard InChI is InChI=1S/C21H29N3O3S.HI/c1-5-22-21(23-13-12-18-14-16(2)6-11-20(18)27-3)24-15-17-7-9-19(10-8-17)28(4,25)26;/h6-11,14H,5,12-13,15H2,1-4H3,(H2,22,23,24);1H. The Morgan fingerprint density at radius 2 is 1.79 bits per heavy atom. The molecule has 0 fully saturated rings. The first-order valence-electron chi connectivity index (χ1n) is 9.28. The van der Waals surface area contributed by atoms with Crippen molar-refractivity contribution in [2.45, 2.75) is 31.7 Å². The average Bonchev–Trinajstić information content (AvgIpc) is 2.66. The summed E-state index contributed by atoms with van der Waals surface area (Å²) in [5, 5.41) is 6.56. The molecule has 0 saturated heterocycles. The minimum absolute atomic E-state index is 0. The molecule has 8 heteroatoms. The fourth-order valence-electron chi connectivity index (χ4n) is 2.77. The molecule has 2 N–H and O–H groups in total. The summed E-state index contributed by atoms with van der Waals surface area (Å²) in [6.07, 6.45) is 2.02. The van der Waals surface area contributed by atoms with Gasteiger partial charge in [0.25, 0.3) is 0 Å². The van der Waals surface area contributed by atoms with E-state index in [9.17, 15) is 8.42 Å². The maximum atomic E-state index is 11.5. The number of aryl methyl sites for hydroxylation is 1. The van der Waals surface area contributed by atoms with Crippen molar-refractivity contribution in [3.63, 3.8) is 0 Å². The first-order chi connectivity index (χ1) is 13.3. The molecule has 29 heavy (non-hydrogen) atoms. The van der Waals surface area contributed by atoms with Crippen LogP contribution in [0.5, 0.6) is 5.75 Å². The summed E-state index contributed by atoms with van der Waals surface area (Å²) in [6, 6.07) is 13.0. The number of benzene rings is 2. The van der Waals surface area contributed by atoms with Gasteiger partial charge in [-0.3, -0.25) is 0 Å². The minimum Gasteiger partial charge on any atom is -0.496 e. The highest BCUT2D eigenvalue weighted by Crippen LogP contribution is 2.19. The lowest BCUT2D eigenvalue weighted by atomic mass is 10.1. The zero-order valence-corrected chi connectivity index (χ0v) is 20.5. The van der Waals surface area contributed by atoms with Crippen LogP contribution in [0.4, 0.5) is 0 Å². The molecule has 0 unspecified atom stereocenters. The van der Waals surface area contributed by atoms with Crippen molar-refractivity contribution in [3.8, 4) is 5.75 Å². The number of methoxy groups -OCH3 is 1. The van der Waals surface area contributed by atoms with Crippen LogP contribution in [0.15, 0.2) is 52.4 Å². The van der Waals surface area contributed by atoms with Crippen LogP contribution >= 0.6 is 24.0 Å². The summed E-state index contributed by atoms with van der Waals surface area (Å²) >= 11 is 0. The topological polar surface area (TPSA) is 79.8 Å². The molecule has 0 saturated carbocycles. The molecule has 0 aliphatic carbocycles. The molecule has 6 nitrogen and oxygen atoms in total. The largest absolute Gasteiger partial charge is 0.496 e. The smallest absolute Gasteiger partial charge is 0.191 e. The Bertz CT molecular complexity index is 913. The zero-order valence-electron chi connectivity index (χ0n) is 17.4. The Labute approximate surface area is 191 Å². The van der Waals surface area contributed by atoms with Crippen molar-refractivity contribution in [1.29, 1.82) is 0 Å². The molecule has 0 bridgehead atoms. The number of guanidine groups is 1. The Kier molecular flexibility index (Phi) is 10.5. The summed E-state index contributed by atoms with van der Waals surface area (Å²) in [6.45, 7) is 6.02. The van der Waals surface area contributed by atoms with Gasteiger partial charge in [0.15, 0.2) is 15.8 Å². The molecule has 2 aromatic rings. The molecular formula is C21H30IN3O3S. The van der Waals surface area contributed by atoms with Crippen LogP contribution in [0.1, 0.15) is 23.6 Å². The van der Waals surface area contributed by atoms with Crippen molar-refractivity contribution >= 4 is 39.8 Å². The van der Waals surface area contributed by atoms with Gasteiger partial charge in [-0.2, -0.15) is 0 Å².